The van der Waals surface area contributed by atoms with Gasteiger partial charge in [0.1, 0.15) is 0 Å². The maximum absolute atomic E-state index is 11.9. The molecule has 3 amide bonds. The number of hydrogen-bond acceptors (Lipinski definition) is 4. The standard InChI is InChI=1S/C16H18N4O3/c1-3-17-13(21)9-18-15(22)16(23)20-12-6-4-5-11-8-7-10(2)19-14(11)12/h4-8H,3,9H2,1-2H3,(H,17,21)(H,18,22)(H,20,23). The van der Waals surface area contributed by atoms with Crippen LogP contribution in [0.2, 0.25) is 0 Å². The van der Waals surface area contributed by atoms with Crippen molar-refractivity contribution in [2.24, 2.45) is 0 Å². The van der Waals surface area contributed by atoms with Gasteiger partial charge in [-0.05, 0) is 26.0 Å². The van der Waals surface area contributed by atoms with Gasteiger partial charge in [0.15, 0.2) is 0 Å². The molecule has 7 nitrogen and oxygen atoms in total. The molecule has 7 heteroatoms. The van der Waals surface area contributed by atoms with E-state index in [1.807, 2.05) is 25.1 Å². The van der Waals surface area contributed by atoms with E-state index < -0.39 is 11.8 Å². The number of benzene rings is 1. The molecule has 0 aliphatic rings. The minimum atomic E-state index is -0.874. The van der Waals surface area contributed by atoms with E-state index in [9.17, 15) is 14.4 Å². The molecule has 0 saturated heterocycles. The highest BCUT2D eigenvalue weighted by atomic mass is 16.2. The molecule has 3 N–H and O–H groups in total. The first-order valence-electron chi connectivity index (χ1n) is 7.23. The van der Waals surface area contributed by atoms with Gasteiger partial charge in [-0.15, -0.1) is 0 Å². The highest BCUT2D eigenvalue weighted by Crippen LogP contribution is 2.21. The zero-order chi connectivity index (χ0) is 16.8. The summed E-state index contributed by atoms with van der Waals surface area (Å²) in [6, 6.07) is 9.06. The maximum Gasteiger partial charge on any atom is 0.313 e. The third kappa shape index (κ3) is 4.26. The molecule has 0 fully saturated rings. The number of amides is 3. The largest absolute Gasteiger partial charge is 0.355 e. The third-order valence-corrected chi connectivity index (χ3v) is 3.10. The van der Waals surface area contributed by atoms with Gasteiger partial charge in [-0.3, -0.25) is 19.4 Å². The van der Waals surface area contributed by atoms with E-state index in [4.69, 9.17) is 0 Å². The topological polar surface area (TPSA) is 100 Å². The lowest BCUT2D eigenvalue weighted by Gasteiger charge is -2.09. The van der Waals surface area contributed by atoms with Crippen molar-refractivity contribution in [2.45, 2.75) is 13.8 Å². The van der Waals surface area contributed by atoms with Gasteiger partial charge >= 0.3 is 11.8 Å². The highest BCUT2D eigenvalue weighted by Gasteiger charge is 2.16. The van der Waals surface area contributed by atoms with Crippen molar-refractivity contribution in [2.75, 3.05) is 18.4 Å². The van der Waals surface area contributed by atoms with Crippen LogP contribution in [-0.2, 0) is 14.4 Å². The normalized spacial score (nSPS) is 10.2. The van der Waals surface area contributed by atoms with Gasteiger partial charge < -0.3 is 16.0 Å². The number of carbonyl (C=O) groups excluding carboxylic acids is 3. The lowest BCUT2D eigenvalue weighted by atomic mass is 10.1. The van der Waals surface area contributed by atoms with Crippen LogP contribution >= 0.6 is 0 Å². The molecule has 0 saturated carbocycles. The smallest absolute Gasteiger partial charge is 0.313 e. The number of rotatable bonds is 4. The van der Waals surface area contributed by atoms with Crippen LogP contribution in [0.1, 0.15) is 12.6 Å². The van der Waals surface area contributed by atoms with Crippen molar-refractivity contribution in [3.05, 3.63) is 36.0 Å². The Morgan fingerprint density at radius 3 is 2.57 bits per heavy atom. The zero-order valence-corrected chi connectivity index (χ0v) is 13.0. The Morgan fingerprint density at radius 1 is 1.04 bits per heavy atom. The Kier molecular flexibility index (Phi) is 5.24. The average molecular weight is 314 g/mol. The highest BCUT2D eigenvalue weighted by molar-refractivity contribution is 6.40. The van der Waals surface area contributed by atoms with Crippen LogP contribution in [0, 0.1) is 6.92 Å². The van der Waals surface area contributed by atoms with Crippen molar-refractivity contribution in [1.82, 2.24) is 15.6 Å². The fourth-order valence-electron chi connectivity index (χ4n) is 2.03. The fraction of sp³-hybridized carbons (Fsp3) is 0.250. The van der Waals surface area contributed by atoms with Crippen LogP contribution in [0.5, 0.6) is 0 Å². The van der Waals surface area contributed by atoms with Gasteiger partial charge in [0.05, 0.1) is 17.7 Å². The Bertz CT molecular complexity index is 758. The Hall–Kier alpha value is -2.96. The van der Waals surface area contributed by atoms with E-state index in [0.29, 0.717) is 17.7 Å². The second-order valence-electron chi connectivity index (χ2n) is 4.92. The number of para-hydroxylation sites is 1. The number of hydrogen-bond donors (Lipinski definition) is 3. The quantitative estimate of drug-likeness (QED) is 0.724. The second kappa shape index (κ2) is 7.35. The molecule has 2 aromatic rings. The molecule has 0 aliphatic carbocycles. The van der Waals surface area contributed by atoms with E-state index in [0.717, 1.165) is 11.1 Å². The molecule has 1 aromatic carbocycles. The molecule has 2 rings (SSSR count). The number of aromatic nitrogens is 1. The molecule has 1 aromatic heterocycles. The number of pyridine rings is 1. The first-order chi connectivity index (χ1) is 11.0. The molecular formula is C16H18N4O3. The number of anilines is 1. The van der Waals surface area contributed by atoms with Crippen molar-refractivity contribution >= 4 is 34.3 Å². The number of fused-ring (bicyclic) bond motifs is 1. The van der Waals surface area contributed by atoms with Crippen molar-refractivity contribution < 1.29 is 14.4 Å². The summed E-state index contributed by atoms with van der Waals surface area (Å²) in [4.78, 5) is 39.3. The van der Waals surface area contributed by atoms with Gasteiger partial charge in [-0.25, -0.2) is 0 Å². The van der Waals surface area contributed by atoms with E-state index in [1.54, 1.807) is 19.1 Å². The molecule has 23 heavy (non-hydrogen) atoms. The minimum absolute atomic E-state index is 0.243. The minimum Gasteiger partial charge on any atom is -0.355 e. The summed E-state index contributed by atoms with van der Waals surface area (Å²) < 4.78 is 0. The van der Waals surface area contributed by atoms with Gasteiger partial charge in [0.25, 0.3) is 0 Å². The summed E-state index contributed by atoms with van der Waals surface area (Å²) in [7, 11) is 0. The summed E-state index contributed by atoms with van der Waals surface area (Å²) in [5.41, 5.74) is 1.86. The first-order valence-corrected chi connectivity index (χ1v) is 7.23. The van der Waals surface area contributed by atoms with Crippen molar-refractivity contribution in [3.8, 4) is 0 Å². The van der Waals surface area contributed by atoms with Crippen LogP contribution in [0.15, 0.2) is 30.3 Å². The van der Waals surface area contributed by atoms with Crippen LogP contribution in [0.4, 0.5) is 5.69 Å². The van der Waals surface area contributed by atoms with E-state index in [1.165, 1.54) is 0 Å². The van der Waals surface area contributed by atoms with Gasteiger partial charge in [0, 0.05) is 17.6 Å². The van der Waals surface area contributed by atoms with Crippen molar-refractivity contribution in [3.63, 3.8) is 0 Å². The van der Waals surface area contributed by atoms with Crippen LogP contribution in [-0.4, -0.2) is 35.8 Å². The summed E-state index contributed by atoms with van der Waals surface area (Å²) in [6.45, 7) is 3.83. The summed E-state index contributed by atoms with van der Waals surface area (Å²) in [5.74, 6) is -2.07. The maximum atomic E-state index is 11.9. The first kappa shape index (κ1) is 16.4. The molecule has 0 spiro atoms. The Labute approximate surface area is 133 Å². The third-order valence-electron chi connectivity index (χ3n) is 3.10. The number of carbonyl (C=O) groups is 3. The molecule has 0 radical (unpaired) electrons. The van der Waals surface area contributed by atoms with Crippen LogP contribution < -0.4 is 16.0 Å². The molecule has 0 atom stereocenters. The van der Waals surface area contributed by atoms with E-state index >= 15 is 0 Å². The Balaban J connectivity index is 2.07. The van der Waals surface area contributed by atoms with E-state index in [2.05, 4.69) is 20.9 Å². The lowest BCUT2D eigenvalue weighted by molar-refractivity contribution is -0.136. The number of aryl methyl sites for hydroxylation is 1. The van der Waals surface area contributed by atoms with Gasteiger partial charge in [-0.2, -0.15) is 0 Å². The molecule has 1 heterocycles. The number of nitrogens with one attached hydrogen (secondary N) is 3. The Morgan fingerprint density at radius 2 is 1.83 bits per heavy atom. The summed E-state index contributed by atoms with van der Waals surface area (Å²) in [5, 5.41) is 8.17. The predicted octanol–water partition coefficient (Wildman–Crippen LogP) is 0.734. The van der Waals surface area contributed by atoms with E-state index in [-0.39, 0.29) is 12.5 Å². The summed E-state index contributed by atoms with van der Waals surface area (Å²) in [6.07, 6.45) is 0. The zero-order valence-electron chi connectivity index (χ0n) is 13.0. The molecule has 0 bridgehead atoms. The molecule has 0 unspecified atom stereocenters. The fourth-order valence-corrected chi connectivity index (χ4v) is 2.03. The summed E-state index contributed by atoms with van der Waals surface area (Å²) >= 11 is 0. The molecule has 0 aliphatic heterocycles. The van der Waals surface area contributed by atoms with Gasteiger partial charge in [0.2, 0.25) is 5.91 Å². The van der Waals surface area contributed by atoms with Gasteiger partial charge in [-0.1, -0.05) is 18.2 Å². The number of likely N-dealkylation sites (N-methyl/N-ethyl adjacent to an activating group) is 1. The van der Waals surface area contributed by atoms with Crippen molar-refractivity contribution in [1.29, 1.82) is 0 Å². The monoisotopic (exact) mass is 314 g/mol. The molecular weight excluding hydrogens is 296 g/mol. The predicted molar refractivity (Wildman–Crippen MR) is 86.8 cm³/mol. The average Bonchev–Trinajstić information content (AvgIpc) is 2.53. The second-order valence-corrected chi connectivity index (χ2v) is 4.92. The molecule has 120 valence electrons. The lowest BCUT2D eigenvalue weighted by Crippen LogP contribution is -2.41. The SMILES string of the molecule is CCNC(=O)CNC(=O)C(=O)Nc1cccc2ccc(C)nc12. The number of nitrogens with zero attached hydrogens (tertiary/aromatic N) is 1. The van der Waals surface area contributed by atoms with Crippen LogP contribution in [0.25, 0.3) is 10.9 Å². The van der Waals surface area contributed by atoms with Crippen LogP contribution in [0.3, 0.4) is 0 Å².